The van der Waals surface area contributed by atoms with E-state index >= 15 is 0 Å². The van der Waals surface area contributed by atoms with Crippen molar-refractivity contribution in [3.8, 4) is 0 Å². The molecule has 2 amide bonds. The molecule has 0 bridgehead atoms. The van der Waals surface area contributed by atoms with E-state index in [1.165, 1.54) is 21.3 Å². The number of urea groups is 1. The van der Waals surface area contributed by atoms with Crippen molar-refractivity contribution in [3.05, 3.63) is 0 Å². The van der Waals surface area contributed by atoms with Crippen molar-refractivity contribution >= 4 is 25.2 Å². The second-order valence-electron chi connectivity index (χ2n) is 3.81. The molecule has 0 atom stereocenters. The smallest absolute Gasteiger partial charge is 0.726 e. The minimum absolute atomic E-state index is 0. The fourth-order valence-electron chi connectivity index (χ4n) is 1.43. The first-order valence-electron chi connectivity index (χ1n) is 6.06. The van der Waals surface area contributed by atoms with Crippen LogP contribution in [0.2, 0.25) is 6.04 Å². The van der Waals surface area contributed by atoms with Gasteiger partial charge in [0, 0.05) is 40.5 Å². The molecule has 126 valence electrons. The average molecular weight is 368 g/mol. The molecule has 0 fully saturated rings. The number of hydrogen-bond acceptors (Lipinski definition) is 8. The Labute approximate surface area is 153 Å². The van der Waals surface area contributed by atoms with Crippen LogP contribution in [0.5, 0.6) is 0 Å². The standard InChI is InChI=1S/C9H22N2O8SSi.Na/c1-16-21(17-2,18-3)8-4-5-10-9(12)11-6-7-19-20(13,14)15;/h4-8H2,1-3H3,(H2,10,11,12)(H,13,14,15);/q;+1/p-1. The zero-order valence-corrected chi connectivity index (χ0v) is 17.0. The molecule has 0 aliphatic heterocycles. The van der Waals surface area contributed by atoms with Gasteiger partial charge in [0.15, 0.2) is 0 Å². The molecule has 0 aliphatic rings. The van der Waals surface area contributed by atoms with Gasteiger partial charge in [0.05, 0.1) is 6.61 Å². The Morgan fingerprint density at radius 3 is 2.05 bits per heavy atom. The summed E-state index contributed by atoms with van der Waals surface area (Å²) in [6, 6.07) is 0.0373. The Morgan fingerprint density at radius 1 is 1.09 bits per heavy atom. The summed E-state index contributed by atoms with van der Waals surface area (Å²) in [5, 5.41) is 4.88. The van der Waals surface area contributed by atoms with Gasteiger partial charge in [-0.05, 0) is 6.42 Å². The molecule has 0 spiro atoms. The minimum Gasteiger partial charge on any atom is -0.726 e. The van der Waals surface area contributed by atoms with Crippen molar-refractivity contribution in [1.82, 2.24) is 10.6 Å². The molecule has 0 radical (unpaired) electrons. The molecular weight excluding hydrogens is 347 g/mol. The fourth-order valence-corrected chi connectivity index (χ4v) is 3.44. The normalized spacial score (nSPS) is 11.6. The second kappa shape index (κ2) is 12.6. The maximum absolute atomic E-state index is 11.3. The number of hydrogen-bond donors (Lipinski definition) is 2. The molecule has 0 aliphatic carbocycles. The van der Waals surface area contributed by atoms with Gasteiger partial charge in [-0.3, -0.25) is 4.18 Å². The van der Waals surface area contributed by atoms with Crippen LogP contribution in [-0.2, 0) is 27.9 Å². The van der Waals surface area contributed by atoms with Crippen molar-refractivity contribution in [2.45, 2.75) is 12.5 Å². The topological polar surface area (TPSA) is 135 Å². The van der Waals surface area contributed by atoms with Crippen LogP contribution < -0.4 is 40.2 Å². The van der Waals surface area contributed by atoms with Crippen LogP contribution in [0, 0.1) is 0 Å². The maximum Gasteiger partial charge on any atom is 1.00 e. The Kier molecular flexibility index (Phi) is 14.1. The van der Waals surface area contributed by atoms with E-state index in [0.29, 0.717) is 19.0 Å². The largest absolute Gasteiger partial charge is 1.00 e. The SMILES string of the molecule is CO[Si](CCCNC(=O)NCCOS(=O)(=O)[O-])(OC)OC.[Na+]. The molecule has 0 saturated heterocycles. The summed E-state index contributed by atoms with van der Waals surface area (Å²) in [4.78, 5) is 11.3. The third kappa shape index (κ3) is 11.8. The van der Waals surface area contributed by atoms with Gasteiger partial charge in [-0.2, -0.15) is 0 Å². The molecule has 2 N–H and O–H groups in total. The van der Waals surface area contributed by atoms with Crippen LogP contribution in [0.4, 0.5) is 4.79 Å². The van der Waals surface area contributed by atoms with E-state index in [-0.39, 0.29) is 36.1 Å². The summed E-state index contributed by atoms with van der Waals surface area (Å²) in [6.45, 7) is -0.149. The third-order valence-electron chi connectivity index (χ3n) is 2.49. The quantitative estimate of drug-likeness (QED) is 0.163. The number of carbonyl (C=O) groups excluding carboxylic acids is 1. The molecule has 0 heterocycles. The summed E-state index contributed by atoms with van der Waals surface area (Å²) in [7, 11) is -2.85. The van der Waals surface area contributed by atoms with E-state index in [1.807, 2.05) is 0 Å². The number of rotatable bonds is 11. The molecule has 10 nitrogen and oxygen atoms in total. The summed E-state index contributed by atoms with van der Waals surface area (Å²) >= 11 is 0. The molecule has 0 rings (SSSR count). The summed E-state index contributed by atoms with van der Waals surface area (Å²) in [5.41, 5.74) is 0. The van der Waals surface area contributed by atoms with Crippen LogP contribution in [0.3, 0.4) is 0 Å². The molecule has 0 saturated carbocycles. The molecule has 0 unspecified atom stereocenters. The minimum atomic E-state index is -4.73. The average Bonchev–Trinajstić information content (AvgIpc) is 2.44. The Bertz CT molecular complexity index is 398. The Balaban J connectivity index is 0. The monoisotopic (exact) mass is 368 g/mol. The van der Waals surface area contributed by atoms with Crippen LogP contribution in [0.1, 0.15) is 6.42 Å². The molecule has 13 heteroatoms. The van der Waals surface area contributed by atoms with E-state index in [9.17, 15) is 17.8 Å². The summed E-state index contributed by atoms with van der Waals surface area (Å²) in [6.07, 6.45) is 0.584. The zero-order valence-electron chi connectivity index (χ0n) is 13.2. The third-order valence-corrected chi connectivity index (χ3v) is 5.78. The van der Waals surface area contributed by atoms with Crippen molar-refractivity contribution in [2.24, 2.45) is 0 Å². The van der Waals surface area contributed by atoms with Crippen molar-refractivity contribution in [2.75, 3.05) is 41.0 Å². The summed E-state index contributed by atoms with van der Waals surface area (Å²) in [5.74, 6) is 0. The van der Waals surface area contributed by atoms with E-state index < -0.39 is 31.8 Å². The number of nitrogens with one attached hydrogen (secondary N) is 2. The second-order valence-corrected chi connectivity index (χ2v) is 7.95. The molecular formula is C9H21N2NaO8SSi. The van der Waals surface area contributed by atoms with Gasteiger partial charge in [-0.25, -0.2) is 13.2 Å². The van der Waals surface area contributed by atoms with E-state index in [0.717, 1.165) is 0 Å². The fraction of sp³-hybridized carbons (Fsp3) is 0.889. The van der Waals surface area contributed by atoms with Gasteiger partial charge in [-0.1, -0.05) is 0 Å². The Hall–Kier alpha value is 0.237. The van der Waals surface area contributed by atoms with E-state index in [2.05, 4.69) is 14.8 Å². The van der Waals surface area contributed by atoms with Crippen LogP contribution in [0.25, 0.3) is 0 Å². The van der Waals surface area contributed by atoms with Gasteiger partial charge in [-0.15, -0.1) is 0 Å². The summed E-state index contributed by atoms with van der Waals surface area (Å²) < 4.78 is 50.0. The maximum atomic E-state index is 11.3. The molecule has 0 aromatic heterocycles. The van der Waals surface area contributed by atoms with Gasteiger partial charge in [0.25, 0.3) is 0 Å². The zero-order chi connectivity index (χ0) is 16.4. The number of amides is 2. The van der Waals surface area contributed by atoms with Crippen LogP contribution in [0.15, 0.2) is 0 Å². The molecule has 22 heavy (non-hydrogen) atoms. The van der Waals surface area contributed by atoms with Gasteiger partial charge >= 0.3 is 44.4 Å². The van der Waals surface area contributed by atoms with Crippen LogP contribution >= 0.6 is 0 Å². The van der Waals surface area contributed by atoms with Gasteiger partial charge in [0.1, 0.15) is 0 Å². The van der Waals surface area contributed by atoms with Crippen molar-refractivity contribution in [3.63, 3.8) is 0 Å². The number of carbonyl (C=O) groups is 1. The first-order valence-corrected chi connectivity index (χ1v) is 9.32. The van der Waals surface area contributed by atoms with E-state index in [4.69, 9.17) is 13.3 Å². The predicted octanol–water partition coefficient (Wildman–Crippen LogP) is -3.97. The molecule has 0 aromatic carbocycles. The van der Waals surface area contributed by atoms with Crippen molar-refractivity contribution < 1.29 is 64.8 Å². The van der Waals surface area contributed by atoms with Crippen molar-refractivity contribution in [1.29, 1.82) is 0 Å². The first-order chi connectivity index (χ1) is 9.78. The van der Waals surface area contributed by atoms with Gasteiger partial charge in [0.2, 0.25) is 10.4 Å². The molecule has 0 aromatic rings. The predicted molar refractivity (Wildman–Crippen MR) is 73.3 cm³/mol. The van der Waals surface area contributed by atoms with E-state index in [1.54, 1.807) is 0 Å². The first kappa shape index (κ1) is 24.5. The Morgan fingerprint density at radius 2 is 1.59 bits per heavy atom. The van der Waals surface area contributed by atoms with Gasteiger partial charge < -0.3 is 28.5 Å². The van der Waals surface area contributed by atoms with Crippen LogP contribution in [-0.4, -0.2) is 68.8 Å².